The fourth-order valence-electron chi connectivity index (χ4n) is 5.88. The first-order chi connectivity index (χ1) is 21.9. The third-order valence-electron chi connectivity index (χ3n) is 8.25. The van der Waals surface area contributed by atoms with Crippen LogP contribution in [0, 0.1) is 29.9 Å². The zero-order chi connectivity index (χ0) is 33.6. The van der Waals surface area contributed by atoms with Crippen molar-refractivity contribution in [3.05, 3.63) is 87.8 Å². The molecule has 0 saturated heterocycles. The fraction of sp³-hybridized carbons (Fsp3) is 0.472. The summed E-state index contributed by atoms with van der Waals surface area (Å²) < 4.78 is 33.5. The van der Waals surface area contributed by atoms with Crippen LogP contribution in [-0.4, -0.2) is 63.7 Å². The summed E-state index contributed by atoms with van der Waals surface area (Å²) in [6, 6.07) is 8.68. The van der Waals surface area contributed by atoms with Gasteiger partial charge in [-0.15, -0.1) is 6.42 Å². The fourth-order valence-corrected chi connectivity index (χ4v) is 5.88. The molecule has 0 unspecified atom stereocenters. The number of amides is 2. The van der Waals surface area contributed by atoms with Gasteiger partial charge in [-0.3, -0.25) is 9.59 Å². The monoisotopic (exact) mass is 634 g/mol. The van der Waals surface area contributed by atoms with Gasteiger partial charge in [-0.1, -0.05) is 38.8 Å². The van der Waals surface area contributed by atoms with E-state index in [9.17, 15) is 23.5 Å². The van der Waals surface area contributed by atoms with Gasteiger partial charge in [0.15, 0.2) is 5.76 Å². The van der Waals surface area contributed by atoms with Crippen LogP contribution in [0.5, 0.6) is 0 Å². The van der Waals surface area contributed by atoms with E-state index < -0.39 is 35.2 Å². The summed E-state index contributed by atoms with van der Waals surface area (Å²) in [5.41, 5.74) is 7.34. The summed E-state index contributed by atoms with van der Waals surface area (Å²) in [5, 5.41) is 15.6. The molecule has 1 aliphatic carbocycles. The number of nitrogens with two attached hydrogens (primary N) is 1. The van der Waals surface area contributed by atoms with Gasteiger partial charge in [0.1, 0.15) is 17.2 Å². The molecule has 46 heavy (non-hydrogen) atoms. The van der Waals surface area contributed by atoms with Crippen molar-refractivity contribution in [1.29, 1.82) is 0 Å². The summed E-state index contributed by atoms with van der Waals surface area (Å²) in [5.74, 6) is 1.20. The second-order valence-corrected chi connectivity index (χ2v) is 12.7. The van der Waals surface area contributed by atoms with Gasteiger partial charge in [0.2, 0.25) is 0 Å². The number of rotatable bonds is 15. The average Bonchev–Trinajstić information content (AvgIpc) is 3.68. The Balaban J connectivity index is 1.71. The van der Waals surface area contributed by atoms with Crippen LogP contribution in [-0.2, 0) is 18.4 Å². The Morgan fingerprint density at radius 3 is 2.15 bits per heavy atom. The molecule has 2 amide bonds. The summed E-state index contributed by atoms with van der Waals surface area (Å²) in [6.07, 6.45) is 7.81. The molecule has 0 radical (unpaired) electrons. The molecule has 0 bridgehead atoms. The van der Waals surface area contributed by atoms with Gasteiger partial charge in [-0.05, 0) is 80.3 Å². The average molecular weight is 635 g/mol. The second-order valence-electron chi connectivity index (χ2n) is 12.7. The van der Waals surface area contributed by atoms with Gasteiger partial charge in [0.25, 0.3) is 11.8 Å². The minimum Gasteiger partial charge on any atom is -0.390 e. The van der Waals surface area contributed by atoms with Crippen LogP contribution in [0.2, 0.25) is 0 Å². The minimum absolute atomic E-state index is 0.0261. The Morgan fingerprint density at radius 2 is 1.61 bits per heavy atom. The lowest BCUT2D eigenvalue weighted by molar-refractivity contribution is 0.0362. The number of nitrogens with zero attached hydrogens (tertiary/aromatic N) is 3. The second kappa shape index (κ2) is 15.0. The third-order valence-corrected chi connectivity index (χ3v) is 8.25. The molecule has 1 saturated carbocycles. The molecule has 3 aromatic rings. The summed E-state index contributed by atoms with van der Waals surface area (Å²) in [6.45, 7) is 9.04. The predicted octanol–water partition coefficient (Wildman–Crippen LogP) is 5.46. The zero-order valence-electron chi connectivity index (χ0n) is 27.1. The molecule has 1 aliphatic rings. The maximum absolute atomic E-state index is 14.5. The van der Waals surface area contributed by atoms with Crippen LogP contribution in [0.25, 0.3) is 0 Å². The van der Waals surface area contributed by atoms with E-state index >= 15 is 0 Å². The largest absolute Gasteiger partial charge is 0.390 e. The first-order valence-corrected chi connectivity index (χ1v) is 16.0. The molecular weight excluding hydrogens is 590 g/mol. The maximum atomic E-state index is 14.5. The van der Waals surface area contributed by atoms with Crippen LogP contribution >= 0.6 is 0 Å². The lowest BCUT2D eigenvalue weighted by atomic mass is 9.98. The van der Waals surface area contributed by atoms with Gasteiger partial charge in [-0.25, -0.2) is 8.78 Å². The molecule has 1 heterocycles. The number of halogens is 2. The van der Waals surface area contributed by atoms with Crippen LogP contribution in [0.15, 0.2) is 47.0 Å². The molecule has 0 aliphatic heterocycles. The first-order valence-electron chi connectivity index (χ1n) is 16.0. The maximum Gasteiger partial charge on any atom is 0.254 e. The number of hydrogen-bond donors (Lipinski definition) is 2. The van der Waals surface area contributed by atoms with Crippen molar-refractivity contribution in [2.75, 3.05) is 19.6 Å². The molecule has 8 nitrogen and oxygen atoms in total. The van der Waals surface area contributed by atoms with E-state index in [0.29, 0.717) is 55.2 Å². The van der Waals surface area contributed by atoms with Crippen LogP contribution < -0.4 is 5.73 Å². The van der Waals surface area contributed by atoms with Gasteiger partial charge in [-0.2, -0.15) is 0 Å². The Labute approximate surface area is 269 Å². The molecule has 2 atom stereocenters. The summed E-state index contributed by atoms with van der Waals surface area (Å²) in [7, 11) is 0. The van der Waals surface area contributed by atoms with E-state index in [-0.39, 0.29) is 30.0 Å². The van der Waals surface area contributed by atoms with E-state index in [4.69, 9.17) is 16.7 Å². The van der Waals surface area contributed by atoms with Crippen molar-refractivity contribution in [2.45, 2.75) is 83.9 Å². The Kier molecular flexibility index (Phi) is 11.4. The lowest BCUT2D eigenvalue weighted by Crippen LogP contribution is -2.50. The molecule has 3 N–H and O–H groups in total. The standard InChI is InChI=1S/C36H44F2N4O4/c1-6-11-41(12-7-2)34(44)26-14-24(8-3)15-27(19-26)35(45)42(36(9-10-36)33-21-30(40-46-33)13-23(4)5)22-32(43)31(39)18-25-16-28(37)20-29(38)17-25/h3,14-17,19-21,23,31-32,43H,6-7,9-13,18,22,39H2,1-2,4-5H3/t31-,32+/m0/s1. The lowest BCUT2D eigenvalue weighted by Gasteiger charge is -2.34. The molecule has 4 rings (SSSR count). The summed E-state index contributed by atoms with van der Waals surface area (Å²) >= 11 is 0. The predicted molar refractivity (Wildman–Crippen MR) is 172 cm³/mol. The minimum atomic E-state index is -1.27. The van der Waals surface area contributed by atoms with Gasteiger partial charge in [0.05, 0.1) is 11.8 Å². The molecular formula is C36H44F2N4O4. The van der Waals surface area contributed by atoms with Gasteiger partial charge in [0, 0.05) is 54.5 Å². The number of aromatic nitrogens is 1. The highest BCUT2D eigenvalue weighted by Gasteiger charge is 2.55. The Hall–Kier alpha value is -4.07. The van der Waals surface area contributed by atoms with Crippen LogP contribution in [0.3, 0.4) is 0 Å². The number of hydrogen-bond acceptors (Lipinski definition) is 6. The Morgan fingerprint density at radius 1 is 1.00 bits per heavy atom. The third kappa shape index (κ3) is 8.20. The van der Waals surface area contributed by atoms with Crippen molar-refractivity contribution in [3.63, 3.8) is 0 Å². The van der Waals surface area contributed by atoms with E-state index in [1.165, 1.54) is 4.90 Å². The molecule has 1 fully saturated rings. The normalized spacial score (nSPS) is 14.9. The highest BCUT2D eigenvalue weighted by Crippen LogP contribution is 2.52. The van der Waals surface area contributed by atoms with Crippen molar-refractivity contribution in [1.82, 2.24) is 15.0 Å². The first kappa shape index (κ1) is 34.8. The van der Waals surface area contributed by atoms with E-state index in [0.717, 1.165) is 36.7 Å². The number of carbonyl (C=O) groups excluding carboxylic acids is 2. The number of aliphatic hydroxyl groups is 1. The number of benzene rings is 2. The van der Waals surface area contributed by atoms with Gasteiger partial charge < -0.3 is 25.2 Å². The molecule has 10 heteroatoms. The number of terminal acetylenes is 1. The van der Waals surface area contributed by atoms with Crippen molar-refractivity contribution in [3.8, 4) is 12.3 Å². The molecule has 2 aromatic carbocycles. The number of carbonyl (C=O) groups is 2. The topological polar surface area (TPSA) is 113 Å². The molecule has 246 valence electrons. The van der Waals surface area contributed by atoms with Crippen molar-refractivity contribution >= 4 is 11.8 Å². The highest BCUT2D eigenvalue weighted by molar-refractivity contribution is 6.00. The van der Waals surface area contributed by atoms with Crippen LogP contribution in [0.4, 0.5) is 8.78 Å². The smallest absolute Gasteiger partial charge is 0.254 e. The molecule has 0 spiro atoms. The van der Waals surface area contributed by atoms with Crippen molar-refractivity contribution in [2.24, 2.45) is 11.7 Å². The Bertz CT molecular complexity index is 1550. The quantitative estimate of drug-likeness (QED) is 0.215. The van der Waals surface area contributed by atoms with E-state index in [1.54, 1.807) is 23.1 Å². The molecule has 1 aromatic heterocycles. The zero-order valence-corrected chi connectivity index (χ0v) is 27.1. The van der Waals surface area contributed by atoms with E-state index in [1.807, 2.05) is 19.9 Å². The highest BCUT2D eigenvalue weighted by atomic mass is 19.1. The van der Waals surface area contributed by atoms with E-state index in [2.05, 4.69) is 24.9 Å². The summed E-state index contributed by atoms with van der Waals surface area (Å²) in [4.78, 5) is 31.3. The number of aliphatic hydroxyl groups excluding tert-OH is 1. The van der Waals surface area contributed by atoms with Crippen molar-refractivity contribution < 1.29 is 28.0 Å². The van der Waals surface area contributed by atoms with Crippen LogP contribution in [0.1, 0.15) is 96.7 Å². The SMILES string of the molecule is C#Cc1cc(C(=O)N(CCC)CCC)cc(C(=O)N(C[C@@H](O)[C@@H](N)Cc2cc(F)cc(F)c2)C2(c3cc(CC(C)C)no3)CC2)c1. The van der Waals surface area contributed by atoms with Gasteiger partial charge >= 0.3 is 0 Å².